The molecule has 3 atom stereocenters. The molecule has 1 N–H and O–H groups in total. The van der Waals surface area contributed by atoms with Crippen molar-refractivity contribution in [3.05, 3.63) is 20.3 Å². The summed E-state index contributed by atoms with van der Waals surface area (Å²) >= 11 is 5.59. The number of hydrogen-bond donors (Lipinski definition) is 1. The molecule has 2 aliphatic carbocycles. The standard InChI is InChI=1S/C16H24BrNS/c1-2-11-5-3-6-12(9-11)18-14-7-4-8-15-13(14)10-16(17)19-15/h10-12,14,18H,2-9H2,1H3. The molecule has 3 rings (SSSR count). The van der Waals surface area contributed by atoms with Crippen LogP contribution in [-0.4, -0.2) is 6.04 Å². The Hall–Kier alpha value is 0.140. The highest BCUT2D eigenvalue weighted by Crippen LogP contribution is 2.39. The fourth-order valence-electron chi connectivity index (χ4n) is 3.79. The van der Waals surface area contributed by atoms with Crippen molar-refractivity contribution < 1.29 is 0 Å². The Morgan fingerprint density at radius 1 is 1.32 bits per heavy atom. The van der Waals surface area contributed by atoms with Crippen LogP contribution in [-0.2, 0) is 6.42 Å². The molecule has 0 saturated heterocycles. The van der Waals surface area contributed by atoms with Crippen molar-refractivity contribution in [2.75, 3.05) is 0 Å². The predicted molar refractivity (Wildman–Crippen MR) is 86.9 cm³/mol. The maximum absolute atomic E-state index is 3.98. The van der Waals surface area contributed by atoms with Gasteiger partial charge in [0.2, 0.25) is 0 Å². The Balaban J connectivity index is 1.67. The van der Waals surface area contributed by atoms with Gasteiger partial charge in [0.25, 0.3) is 0 Å². The van der Waals surface area contributed by atoms with Crippen LogP contribution in [0, 0.1) is 5.92 Å². The fourth-order valence-corrected chi connectivity index (χ4v) is 5.61. The van der Waals surface area contributed by atoms with E-state index >= 15 is 0 Å². The van der Waals surface area contributed by atoms with Gasteiger partial charge in [-0.3, -0.25) is 0 Å². The molecular weight excluding hydrogens is 318 g/mol. The molecule has 1 fully saturated rings. The second kappa shape index (κ2) is 6.28. The molecule has 3 heteroatoms. The quantitative estimate of drug-likeness (QED) is 0.770. The van der Waals surface area contributed by atoms with Gasteiger partial charge in [0.05, 0.1) is 3.79 Å². The summed E-state index contributed by atoms with van der Waals surface area (Å²) in [5.74, 6) is 0.962. The van der Waals surface area contributed by atoms with Crippen molar-refractivity contribution in [1.82, 2.24) is 5.32 Å². The molecule has 2 aliphatic rings. The lowest BCUT2D eigenvalue weighted by Gasteiger charge is -2.34. The summed E-state index contributed by atoms with van der Waals surface area (Å²) in [6.07, 6.45) is 11.0. The van der Waals surface area contributed by atoms with Crippen molar-refractivity contribution in [3.8, 4) is 0 Å². The van der Waals surface area contributed by atoms with Crippen LogP contribution >= 0.6 is 27.3 Å². The minimum Gasteiger partial charge on any atom is -0.307 e. The zero-order valence-electron chi connectivity index (χ0n) is 11.8. The van der Waals surface area contributed by atoms with Crippen molar-refractivity contribution in [3.63, 3.8) is 0 Å². The van der Waals surface area contributed by atoms with Crippen LogP contribution in [0.15, 0.2) is 9.85 Å². The summed E-state index contributed by atoms with van der Waals surface area (Å²) in [6.45, 7) is 2.35. The van der Waals surface area contributed by atoms with Crippen LogP contribution in [0.2, 0.25) is 0 Å². The van der Waals surface area contributed by atoms with E-state index in [1.807, 2.05) is 11.3 Å². The van der Waals surface area contributed by atoms with E-state index in [0.29, 0.717) is 6.04 Å². The number of thiophene rings is 1. The summed E-state index contributed by atoms with van der Waals surface area (Å²) in [5, 5.41) is 3.98. The van der Waals surface area contributed by atoms with Gasteiger partial charge in [-0.05, 0) is 65.6 Å². The normalized spacial score (nSPS) is 31.2. The molecule has 0 spiro atoms. The van der Waals surface area contributed by atoms with E-state index < -0.39 is 0 Å². The molecule has 0 amide bonds. The van der Waals surface area contributed by atoms with Crippen LogP contribution in [0.1, 0.15) is 68.4 Å². The predicted octanol–water partition coefficient (Wildman–Crippen LogP) is 5.45. The third kappa shape index (κ3) is 3.25. The second-order valence-corrected chi connectivity index (χ2v) is 8.69. The summed E-state index contributed by atoms with van der Waals surface area (Å²) in [5.41, 5.74) is 1.58. The Labute approximate surface area is 129 Å². The molecule has 0 radical (unpaired) electrons. The average molecular weight is 342 g/mol. The molecule has 1 aromatic rings. The third-order valence-corrected chi connectivity index (χ3v) is 6.59. The van der Waals surface area contributed by atoms with E-state index in [0.717, 1.165) is 12.0 Å². The van der Waals surface area contributed by atoms with Gasteiger partial charge in [0.15, 0.2) is 0 Å². The van der Waals surface area contributed by atoms with E-state index in [2.05, 4.69) is 34.2 Å². The van der Waals surface area contributed by atoms with E-state index in [1.54, 1.807) is 10.4 Å². The van der Waals surface area contributed by atoms with E-state index in [1.165, 1.54) is 55.2 Å². The van der Waals surface area contributed by atoms with Crippen molar-refractivity contribution in [1.29, 1.82) is 0 Å². The molecule has 1 nitrogen and oxygen atoms in total. The number of halogens is 1. The highest BCUT2D eigenvalue weighted by Gasteiger charge is 2.27. The maximum atomic E-state index is 3.98. The summed E-state index contributed by atoms with van der Waals surface area (Å²) < 4.78 is 1.31. The first-order valence-corrected chi connectivity index (χ1v) is 9.41. The summed E-state index contributed by atoms with van der Waals surface area (Å²) in [4.78, 5) is 1.61. The second-order valence-electron chi connectivity index (χ2n) is 6.18. The molecule has 19 heavy (non-hydrogen) atoms. The molecule has 1 heterocycles. The van der Waals surface area contributed by atoms with Crippen LogP contribution in [0.5, 0.6) is 0 Å². The first-order valence-electron chi connectivity index (χ1n) is 7.80. The van der Waals surface area contributed by atoms with Gasteiger partial charge in [-0.25, -0.2) is 0 Å². The highest BCUT2D eigenvalue weighted by atomic mass is 79.9. The number of nitrogens with one attached hydrogen (secondary N) is 1. The van der Waals surface area contributed by atoms with Gasteiger partial charge in [0.1, 0.15) is 0 Å². The van der Waals surface area contributed by atoms with Gasteiger partial charge in [-0.1, -0.05) is 26.2 Å². The topological polar surface area (TPSA) is 12.0 Å². The first-order chi connectivity index (χ1) is 9.26. The van der Waals surface area contributed by atoms with E-state index in [-0.39, 0.29) is 0 Å². The molecule has 3 unspecified atom stereocenters. The van der Waals surface area contributed by atoms with Crippen molar-refractivity contribution in [2.45, 2.75) is 70.4 Å². The molecule has 0 aliphatic heterocycles. The minimum atomic E-state index is 0.618. The molecule has 0 aromatic carbocycles. The number of hydrogen-bond acceptors (Lipinski definition) is 2. The molecule has 0 bridgehead atoms. The molecule has 1 aromatic heterocycles. The largest absolute Gasteiger partial charge is 0.307 e. The summed E-state index contributed by atoms with van der Waals surface area (Å²) in [6, 6.07) is 3.73. The Bertz CT molecular complexity index is 428. The summed E-state index contributed by atoms with van der Waals surface area (Å²) in [7, 11) is 0. The molecule has 106 valence electrons. The van der Waals surface area contributed by atoms with Gasteiger partial charge in [-0.2, -0.15) is 0 Å². The molecular formula is C16H24BrNS. The van der Waals surface area contributed by atoms with Crippen molar-refractivity contribution in [2.24, 2.45) is 5.92 Å². The lowest BCUT2D eigenvalue weighted by atomic mass is 9.83. The molecule has 1 saturated carbocycles. The van der Waals surface area contributed by atoms with Gasteiger partial charge in [-0.15, -0.1) is 11.3 Å². The Kier molecular flexibility index (Phi) is 4.66. The van der Waals surface area contributed by atoms with Crippen LogP contribution in [0.3, 0.4) is 0 Å². The number of fused-ring (bicyclic) bond motifs is 1. The maximum Gasteiger partial charge on any atom is 0.0704 e. The van der Waals surface area contributed by atoms with Gasteiger partial charge >= 0.3 is 0 Å². The Morgan fingerprint density at radius 2 is 2.21 bits per heavy atom. The van der Waals surface area contributed by atoms with Crippen LogP contribution in [0.4, 0.5) is 0 Å². The highest BCUT2D eigenvalue weighted by molar-refractivity contribution is 9.11. The monoisotopic (exact) mass is 341 g/mol. The van der Waals surface area contributed by atoms with Crippen LogP contribution in [0.25, 0.3) is 0 Å². The van der Waals surface area contributed by atoms with Crippen LogP contribution < -0.4 is 5.32 Å². The SMILES string of the molecule is CCC1CCCC(NC2CCCc3sc(Br)cc32)C1. The lowest BCUT2D eigenvalue weighted by molar-refractivity contribution is 0.255. The first kappa shape index (κ1) is 14.1. The Morgan fingerprint density at radius 3 is 3.05 bits per heavy atom. The van der Waals surface area contributed by atoms with Gasteiger partial charge in [0, 0.05) is 17.0 Å². The third-order valence-electron chi connectivity index (χ3n) is 4.88. The fraction of sp³-hybridized carbons (Fsp3) is 0.750. The lowest BCUT2D eigenvalue weighted by Crippen LogP contribution is -2.37. The number of rotatable bonds is 3. The van der Waals surface area contributed by atoms with E-state index in [4.69, 9.17) is 0 Å². The van der Waals surface area contributed by atoms with E-state index in [9.17, 15) is 0 Å². The zero-order chi connectivity index (χ0) is 13.2. The smallest absolute Gasteiger partial charge is 0.0704 e. The zero-order valence-corrected chi connectivity index (χ0v) is 14.2. The minimum absolute atomic E-state index is 0.618. The number of aryl methyl sites for hydroxylation is 1. The van der Waals surface area contributed by atoms with Crippen molar-refractivity contribution >= 4 is 27.3 Å². The van der Waals surface area contributed by atoms with Gasteiger partial charge < -0.3 is 5.32 Å². The average Bonchev–Trinajstić information content (AvgIpc) is 2.80.